The van der Waals surface area contributed by atoms with Gasteiger partial charge in [0.15, 0.2) is 5.65 Å². The van der Waals surface area contributed by atoms with Gasteiger partial charge in [0.05, 0.1) is 11.4 Å². The molecule has 0 saturated carbocycles. The van der Waals surface area contributed by atoms with Gasteiger partial charge in [0.25, 0.3) is 5.56 Å². The first-order chi connectivity index (χ1) is 16.1. The summed E-state index contributed by atoms with van der Waals surface area (Å²) in [6.07, 6.45) is -4.75. The zero-order valence-corrected chi connectivity index (χ0v) is 18.3. The highest BCUT2D eigenvalue weighted by molar-refractivity contribution is 5.90. The highest BCUT2D eigenvalue weighted by Crippen LogP contribution is 2.24. The summed E-state index contributed by atoms with van der Waals surface area (Å²) in [7, 11) is 1.63. The lowest BCUT2D eigenvalue weighted by atomic mass is 10.2. The molecular weight excluding hydrogens is 451 g/mol. The van der Waals surface area contributed by atoms with Crippen molar-refractivity contribution in [2.24, 2.45) is 7.05 Å². The topological polar surface area (TPSA) is 91.0 Å². The van der Waals surface area contributed by atoms with E-state index in [9.17, 15) is 22.8 Å². The molecule has 8 nitrogen and oxygen atoms in total. The summed E-state index contributed by atoms with van der Waals surface area (Å²) in [5.41, 5.74) is 2.71. The summed E-state index contributed by atoms with van der Waals surface area (Å²) >= 11 is 0. The average Bonchev–Trinajstić information content (AvgIpc) is 3.12. The Labute approximate surface area is 191 Å². The maximum absolute atomic E-state index is 12.9. The molecule has 2 heterocycles. The third-order valence-electron chi connectivity index (χ3n) is 5.08. The molecule has 0 bridgehead atoms. The summed E-state index contributed by atoms with van der Waals surface area (Å²) in [6, 6.07) is 14.2. The third-order valence-corrected chi connectivity index (χ3v) is 5.08. The van der Waals surface area contributed by atoms with Crippen molar-refractivity contribution >= 4 is 22.8 Å². The number of carbonyl (C=O) groups is 1. The van der Waals surface area contributed by atoms with Crippen molar-refractivity contribution in [1.29, 1.82) is 0 Å². The highest BCUT2D eigenvalue weighted by Gasteiger charge is 2.31. The van der Waals surface area contributed by atoms with Crippen molar-refractivity contribution in [2.45, 2.75) is 26.1 Å². The molecule has 0 saturated heterocycles. The van der Waals surface area contributed by atoms with Crippen LogP contribution in [0.2, 0.25) is 0 Å². The number of aryl methyl sites for hydroxylation is 3. The second kappa shape index (κ2) is 9.00. The lowest BCUT2D eigenvalue weighted by Gasteiger charge is -2.10. The Morgan fingerprint density at radius 2 is 1.76 bits per heavy atom. The lowest BCUT2D eigenvalue weighted by Crippen LogP contribution is -2.25. The number of hydrogen-bond donors (Lipinski definition) is 1. The van der Waals surface area contributed by atoms with E-state index >= 15 is 0 Å². The molecule has 0 unspecified atom stereocenters. The molecule has 0 aliphatic carbocycles. The second-order valence-corrected chi connectivity index (χ2v) is 7.55. The molecule has 0 aliphatic heterocycles. The normalized spacial score (nSPS) is 11.6. The van der Waals surface area contributed by atoms with Gasteiger partial charge in [0.2, 0.25) is 5.91 Å². The van der Waals surface area contributed by atoms with E-state index in [2.05, 4.69) is 20.1 Å². The van der Waals surface area contributed by atoms with Crippen LogP contribution in [0.1, 0.15) is 17.8 Å². The molecule has 2 aromatic carbocycles. The fraction of sp³-hybridized carbons (Fsp3) is 0.217. The van der Waals surface area contributed by atoms with Gasteiger partial charge in [-0.25, -0.2) is 9.67 Å². The molecule has 4 aromatic rings. The number of carbonyl (C=O) groups excluding carboxylic acids is 1. The minimum absolute atomic E-state index is 0.0413. The van der Waals surface area contributed by atoms with E-state index in [1.54, 1.807) is 18.7 Å². The van der Waals surface area contributed by atoms with Crippen LogP contribution in [-0.4, -0.2) is 31.6 Å². The Hall–Kier alpha value is -4.15. The van der Waals surface area contributed by atoms with Gasteiger partial charge in [-0.2, -0.15) is 5.10 Å². The molecule has 4 rings (SSSR count). The number of ether oxygens (including phenoxy) is 1. The number of para-hydroxylation sites is 1. The first-order valence-electron chi connectivity index (χ1n) is 10.3. The van der Waals surface area contributed by atoms with Crippen LogP contribution in [-0.2, 0) is 18.3 Å². The maximum atomic E-state index is 12.9. The molecule has 11 heteroatoms. The number of hydrogen-bond acceptors (Lipinski definition) is 5. The van der Waals surface area contributed by atoms with Crippen LogP contribution in [0.5, 0.6) is 5.75 Å². The van der Waals surface area contributed by atoms with Crippen LogP contribution in [0.4, 0.5) is 18.9 Å². The van der Waals surface area contributed by atoms with Gasteiger partial charge < -0.3 is 10.1 Å². The predicted octanol–water partition coefficient (Wildman–Crippen LogP) is 3.90. The van der Waals surface area contributed by atoms with Gasteiger partial charge in [-0.15, -0.1) is 13.2 Å². The van der Waals surface area contributed by atoms with Crippen LogP contribution in [0.15, 0.2) is 59.4 Å². The number of rotatable bonds is 6. The summed E-state index contributed by atoms with van der Waals surface area (Å²) in [5, 5.41) is 7.10. The van der Waals surface area contributed by atoms with Gasteiger partial charge >= 0.3 is 6.36 Å². The van der Waals surface area contributed by atoms with Crippen LogP contribution in [0.3, 0.4) is 0 Å². The summed E-state index contributed by atoms with van der Waals surface area (Å²) in [5.74, 6) is -0.803. The van der Waals surface area contributed by atoms with Gasteiger partial charge in [0.1, 0.15) is 17.0 Å². The van der Waals surface area contributed by atoms with E-state index in [4.69, 9.17) is 0 Å². The van der Waals surface area contributed by atoms with Crippen LogP contribution >= 0.6 is 0 Å². The Morgan fingerprint density at radius 1 is 1.09 bits per heavy atom. The number of nitrogens with zero attached hydrogens (tertiary/aromatic N) is 4. The Morgan fingerprint density at radius 3 is 2.41 bits per heavy atom. The van der Waals surface area contributed by atoms with E-state index in [1.165, 1.54) is 16.7 Å². The summed E-state index contributed by atoms with van der Waals surface area (Å²) in [4.78, 5) is 29.7. The molecule has 1 N–H and O–H groups in total. The number of halogens is 3. The van der Waals surface area contributed by atoms with Gasteiger partial charge in [0, 0.05) is 25.6 Å². The van der Waals surface area contributed by atoms with Crippen LogP contribution < -0.4 is 15.6 Å². The minimum atomic E-state index is -4.79. The monoisotopic (exact) mass is 471 g/mol. The molecule has 0 aliphatic rings. The molecule has 0 spiro atoms. The number of nitrogens with one attached hydrogen (secondary N) is 1. The zero-order valence-electron chi connectivity index (χ0n) is 18.3. The van der Waals surface area contributed by atoms with Gasteiger partial charge in [-0.1, -0.05) is 18.2 Å². The molecular formula is C23H20F3N5O3. The van der Waals surface area contributed by atoms with Crippen LogP contribution in [0.25, 0.3) is 16.9 Å². The van der Waals surface area contributed by atoms with Crippen molar-refractivity contribution < 1.29 is 22.7 Å². The van der Waals surface area contributed by atoms with Crippen molar-refractivity contribution in [1.82, 2.24) is 19.3 Å². The maximum Gasteiger partial charge on any atom is 0.573 e. The van der Waals surface area contributed by atoms with Gasteiger partial charge in [-0.3, -0.25) is 14.2 Å². The van der Waals surface area contributed by atoms with Crippen molar-refractivity contribution in [3.05, 3.63) is 76.3 Å². The SMILES string of the molecule is Cc1nn(-c2ccccc2)c2c1nc(CCC(=O)Nc1ccc(OC(F)(F)F)cc1)c(=O)n2C. The van der Waals surface area contributed by atoms with Crippen molar-refractivity contribution in [2.75, 3.05) is 5.32 Å². The number of anilines is 1. The highest BCUT2D eigenvalue weighted by atomic mass is 19.4. The van der Waals surface area contributed by atoms with E-state index in [0.29, 0.717) is 22.5 Å². The number of benzene rings is 2. The van der Waals surface area contributed by atoms with Crippen molar-refractivity contribution in [3.8, 4) is 11.4 Å². The van der Waals surface area contributed by atoms with E-state index in [0.717, 1.165) is 17.8 Å². The zero-order chi connectivity index (χ0) is 24.5. The van der Waals surface area contributed by atoms with E-state index < -0.39 is 18.0 Å². The fourth-order valence-electron chi connectivity index (χ4n) is 3.52. The Balaban J connectivity index is 1.49. The minimum Gasteiger partial charge on any atom is -0.406 e. The standard InChI is InChI=1S/C23H20F3N5O3/c1-14-20-21(31(29-14)16-6-4-3-5-7-16)30(2)22(33)18(28-20)12-13-19(32)27-15-8-10-17(11-9-15)34-23(24,25)26/h3-11H,12-13H2,1-2H3,(H,27,32). The smallest absolute Gasteiger partial charge is 0.406 e. The van der Waals surface area contributed by atoms with E-state index in [1.807, 2.05) is 30.3 Å². The summed E-state index contributed by atoms with van der Waals surface area (Å²) < 4.78 is 43.7. The fourth-order valence-corrected chi connectivity index (χ4v) is 3.52. The molecule has 176 valence electrons. The first kappa shape index (κ1) is 23.0. The van der Waals surface area contributed by atoms with E-state index in [-0.39, 0.29) is 24.1 Å². The number of amides is 1. The first-order valence-corrected chi connectivity index (χ1v) is 10.3. The quantitative estimate of drug-likeness (QED) is 0.461. The lowest BCUT2D eigenvalue weighted by molar-refractivity contribution is -0.274. The van der Waals surface area contributed by atoms with Crippen LogP contribution in [0, 0.1) is 6.92 Å². The molecule has 0 atom stereocenters. The molecule has 34 heavy (non-hydrogen) atoms. The van der Waals surface area contributed by atoms with Gasteiger partial charge in [-0.05, 0) is 43.3 Å². The number of fused-ring (bicyclic) bond motifs is 1. The second-order valence-electron chi connectivity index (χ2n) is 7.55. The van der Waals surface area contributed by atoms with Crippen molar-refractivity contribution in [3.63, 3.8) is 0 Å². The Kier molecular flexibility index (Phi) is 6.10. The largest absolute Gasteiger partial charge is 0.573 e. The molecule has 0 radical (unpaired) electrons. The summed E-state index contributed by atoms with van der Waals surface area (Å²) in [6.45, 7) is 1.79. The Bertz CT molecular complexity index is 1390. The third kappa shape index (κ3) is 4.92. The molecule has 2 aromatic heterocycles. The number of aromatic nitrogens is 4. The number of alkyl halides is 3. The molecule has 0 fully saturated rings. The predicted molar refractivity (Wildman–Crippen MR) is 119 cm³/mol. The average molecular weight is 471 g/mol. The molecule has 1 amide bonds.